The standard InChI is InChI=1S/C11H21NPS/c1-13(14-2)9-6-11(10-13)12-7-4-3-5-8-12/h10H,3-9H2,1-2H3/q+1. The Balaban J connectivity index is 2.01. The maximum Gasteiger partial charge on any atom is 0.0975 e. The zero-order chi connectivity index (χ0) is 10.0. The molecule has 1 fully saturated rings. The maximum absolute atomic E-state index is 2.64. The van der Waals surface area contributed by atoms with Crippen molar-refractivity contribution in [1.82, 2.24) is 4.90 Å². The van der Waals surface area contributed by atoms with Crippen molar-refractivity contribution >= 4 is 17.8 Å². The van der Waals surface area contributed by atoms with E-state index < -0.39 is 6.46 Å². The molecule has 0 aliphatic carbocycles. The molecule has 3 heteroatoms. The van der Waals surface area contributed by atoms with E-state index in [2.05, 4.69) is 35.0 Å². The molecule has 0 aromatic rings. The van der Waals surface area contributed by atoms with Crippen LogP contribution in [0.3, 0.4) is 0 Å². The zero-order valence-corrected chi connectivity index (χ0v) is 11.0. The second-order valence-electron chi connectivity index (χ2n) is 4.50. The van der Waals surface area contributed by atoms with Crippen molar-refractivity contribution in [2.75, 3.05) is 32.2 Å². The highest BCUT2D eigenvalue weighted by atomic mass is 32.7. The summed E-state index contributed by atoms with van der Waals surface area (Å²) >= 11 is 2.11. The van der Waals surface area contributed by atoms with E-state index in [4.69, 9.17) is 0 Å². The summed E-state index contributed by atoms with van der Waals surface area (Å²) in [5.74, 6) is 2.63. The van der Waals surface area contributed by atoms with Gasteiger partial charge in [-0.25, -0.2) is 0 Å². The number of allylic oxidation sites excluding steroid dienone is 1. The Morgan fingerprint density at radius 1 is 1.29 bits per heavy atom. The van der Waals surface area contributed by atoms with Crippen LogP contribution in [-0.2, 0) is 0 Å². The van der Waals surface area contributed by atoms with Crippen LogP contribution in [0.5, 0.6) is 0 Å². The molecule has 0 saturated carbocycles. The molecule has 0 bridgehead atoms. The molecule has 2 heterocycles. The van der Waals surface area contributed by atoms with E-state index >= 15 is 0 Å². The summed E-state index contributed by atoms with van der Waals surface area (Å²) in [7, 11) is 0. The van der Waals surface area contributed by atoms with Crippen LogP contribution < -0.4 is 0 Å². The molecule has 0 spiro atoms. The minimum absolute atomic E-state index is 0.711. The molecule has 2 aliphatic rings. The average Bonchev–Trinajstić information content (AvgIpc) is 2.63. The summed E-state index contributed by atoms with van der Waals surface area (Å²) in [5.41, 5.74) is 1.68. The number of hydrogen-bond donors (Lipinski definition) is 0. The van der Waals surface area contributed by atoms with Crippen LogP contribution >= 0.6 is 17.8 Å². The Bertz CT molecular complexity index is 235. The number of piperidine rings is 1. The van der Waals surface area contributed by atoms with E-state index in [9.17, 15) is 0 Å². The van der Waals surface area contributed by atoms with Gasteiger partial charge in [0.2, 0.25) is 0 Å². The van der Waals surface area contributed by atoms with E-state index in [1.54, 1.807) is 5.70 Å². The molecule has 1 atom stereocenters. The lowest BCUT2D eigenvalue weighted by molar-refractivity contribution is 0.281. The van der Waals surface area contributed by atoms with Gasteiger partial charge in [-0.05, 0) is 19.3 Å². The number of hydrogen-bond acceptors (Lipinski definition) is 2. The molecule has 0 N–H and O–H groups in total. The van der Waals surface area contributed by atoms with Crippen LogP contribution in [0, 0.1) is 0 Å². The fourth-order valence-corrected chi connectivity index (χ4v) is 5.86. The molecule has 2 aliphatic heterocycles. The molecular weight excluding hydrogens is 209 g/mol. The third kappa shape index (κ3) is 2.28. The van der Waals surface area contributed by atoms with Gasteiger partial charge in [-0.3, -0.25) is 0 Å². The van der Waals surface area contributed by atoms with Gasteiger partial charge in [0.05, 0.1) is 30.8 Å². The molecule has 2 rings (SSSR count). The minimum atomic E-state index is -0.711. The van der Waals surface area contributed by atoms with E-state index in [1.165, 1.54) is 44.9 Å². The van der Waals surface area contributed by atoms with E-state index in [1.807, 2.05) is 0 Å². The lowest BCUT2D eigenvalue weighted by atomic mass is 10.1. The molecule has 0 amide bonds. The lowest BCUT2D eigenvalue weighted by Gasteiger charge is -2.28. The number of rotatable bonds is 2. The molecule has 0 aromatic heterocycles. The zero-order valence-electron chi connectivity index (χ0n) is 9.33. The monoisotopic (exact) mass is 230 g/mol. The fraction of sp³-hybridized carbons (Fsp3) is 0.818. The van der Waals surface area contributed by atoms with Gasteiger partial charge < -0.3 is 4.90 Å². The smallest absolute Gasteiger partial charge is 0.0975 e. The van der Waals surface area contributed by atoms with Gasteiger partial charge in [-0.15, -0.1) is 0 Å². The second kappa shape index (κ2) is 4.45. The normalized spacial score (nSPS) is 33.3. The van der Waals surface area contributed by atoms with Crippen molar-refractivity contribution in [3.8, 4) is 0 Å². The van der Waals surface area contributed by atoms with Crippen LogP contribution in [0.2, 0.25) is 0 Å². The second-order valence-corrected chi connectivity index (χ2v) is 11.5. The summed E-state index contributed by atoms with van der Waals surface area (Å²) in [4.78, 5) is 2.64. The summed E-state index contributed by atoms with van der Waals surface area (Å²) in [6.45, 7) is 4.41. The summed E-state index contributed by atoms with van der Waals surface area (Å²) in [6.07, 6.45) is 9.34. The van der Waals surface area contributed by atoms with Crippen molar-refractivity contribution in [3.63, 3.8) is 0 Å². The first-order valence-corrected chi connectivity index (χ1v) is 9.93. The average molecular weight is 230 g/mol. The summed E-state index contributed by atoms with van der Waals surface area (Å²) in [5, 5.41) is 0. The molecule has 1 nitrogen and oxygen atoms in total. The van der Waals surface area contributed by atoms with Gasteiger partial charge in [-0.2, -0.15) is 0 Å². The van der Waals surface area contributed by atoms with E-state index in [0.29, 0.717) is 0 Å². The van der Waals surface area contributed by atoms with Gasteiger partial charge in [-0.1, -0.05) is 0 Å². The topological polar surface area (TPSA) is 3.24 Å². The molecule has 0 radical (unpaired) electrons. The van der Waals surface area contributed by atoms with Crippen LogP contribution in [0.1, 0.15) is 25.7 Å². The quantitative estimate of drug-likeness (QED) is 0.666. The van der Waals surface area contributed by atoms with Crippen LogP contribution in [0.15, 0.2) is 11.5 Å². The van der Waals surface area contributed by atoms with Gasteiger partial charge in [0.25, 0.3) is 0 Å². The first-order valence-electron chi connectivity index (χ1n) is 5.61. The first-order chi connectivity index (χ1) is 6.73. The predicted octanol–water partition coefficient (Wildman–Crippen LogP) is 3.64. The third-order valence-corrected chi connectivity index (χ3v) is 9.57. The van der Waals surface area contributed by atoms with Crippen molar-refractivity contribution in [3.05, 3.63) is 11.5 Å². The predicted molar refractivity (Wildman–Crippen MR) is 69.4 cm³/mol. The molecular formula is C11H21NPS+. The van der Waals surface area contributed by atoms with Gasteiger partial charge in [0, 0.05) is 37.1 Å². The Hall–Kier alpha value is 0.320. The Morgan fingerprint density at radius 3 is 2.57 bits per heavy atom. The molecule has 1 saturated heterocycles. The molecule has 14 heavy (non-hydrogen) atoms. The van der Waals surface area contributed by atoms with Crippen LogP contribution in [0.25, 0.3) is 0 Å². The third-order valence-electron chi connectivity index (χ3n) is 3.41. The van der Waals surface area contributed by atoms with Gasteiger partial charge in [0.1, 0.15) is 0 Å². The highest BCUT2D eigenvalue weighted by Crippen LogP contribution is 2.71. The van der Waals surface area contributed by atoms with Crippen molar-refractivity contribution in [2.45, 2.75) is 25.7 Å². The van der Waals surface area contributed by atoms with Crippen molar-refractivity contribution in [2.24, 2.45) is 0 Å². The van der Waals surface area contributed by atoms with Crippen LogP contribution in [-0.4, -0.2) is 37.1 Å². The Labute approximate surface area is 92.4 Å². The minimum Gasteiger partial charge on any atom is -0.372 e. The Kier molecular flexibility index (Phi) is 3.44. The first kappa shape index (κ1) is 10.8. The molecule has 80 valence electrons. The number of nitrogens with zero attached hydrogens (tertiary/aromatic N) is 1. The van der Waals surface area contributed by atoms with E-state index in [-0.39, 0.29) is 0 Å². The largest absolute Gasteiger partial charge is 0.372 e. The highest BCUT2D eigenvalue weighted by Gasteiger charge is 2.37. The lowest BCUT2D eigenvalue weighted by Crippen LogP contribution is -2.28. The molecule has 0 aromatic carbocycles. The van der Waals surface area contributed by atoms with Gasteiger partial charge >= 0.3 is 0 Å². The highest BCUT2D eigenvalue weighted by molar-refractivity contribution is 8.63. The summed E-state index contributed by atoms with van der Waals surface area (Å²) in [6, 6.07) is 0. The van der Waals surface area contributed by atoms with E-state index in [0.717, 1.165) is 0 Å². The SMILES string of the molecule is CS[P+]1(C)C=C(N2CCCCC2)CC1. The van der Waals surface area contributed by atoms with Crippen LogP contribution in [0.4, 0.5) is 0 Å². The molecule has 1 unspecified atom stereocenters. The maximum atomic E-state index is 2.64. The summed E-state index contributed by atoms with van der Waals surface area (Å²) < 4.78 is 0. The Morgan fingerprint density at radius 2 is 2.00 bits per heavy atom. The fourth-order valence-electron chi connectivity index (χ4n) is 2.35. The van der Waals surface area contributed by atoms with Crippen molar-refractivity contribution < 1.29 is 0 Å². The number of likely N-dealkylation sites (tertiary alicyclic amines) is 1. The van der Waals surface area contributed by atoms with Gasteiger partial charge in [0.15, 0.2) is 0 Å². The van der Waals surface area contributed by atoms with Crippen molar-refractivity contribution in [1.29, 1.82) is 0 Å².